The van der Waals surface area contributed by atoms with E-state index in [2.05, 4.69) is 15.3 Å². The third-order valence-electron chi connectivity index (χ3n) is 7.18. The maximum atomic E-state index is 16.1. The van der Waals surface area contributed by atoms with Gasteiger partial charge >= 0.3 is 0 Å². The molecule has 8 nitrogen and oxygen atoms in total. The van der Waals surface area contributed by atoms with Crippen LogP contribution in [0, 0.1) is 0 Å². The third kappa shape index (κ3) is 4.71. The Kier molecular flexibility index (Phi) is 7.35. The largest absolute Gasteiger partial charge is 0.408 e. The van der Waals surface area contributed by atoms with Gasteiger partial charge < -0.3 is 24.7 Å². The summed E-state index contributed by atoms with van der Waals surface area (Å²) in [6.45, 7) is 8.88. The molecule has 194 valence electrons. The average Bonchev–Trinajstić information content (AvgIpc) is 3.39. The lowest BCUT2D eigenvalue weighted by Gasteiger charge is -2.42. The van der Waals surface area contributed by atoms with Crippen molar-refractivity contribution < 1.29 is 28.6 Å². The first kappa shape index (κ1) is 26.8. The second-order valence-corrected chi connectivity index (χ2v) is 16.2. The standard InChI is InChI=1S/C25H32FN3O5SSi/c1-24(2,3)36(4,5)34-21-17(26)19(33-25(21,12-30)13-31)16-11-35-20-18(16)27-14-28-22(20)29-23(32)15-9-7-6-8-10-15/h6-11,14,17,19,21,30-31H,12-13H2,1-5H3,(H,27,28,29,32)/t17-,19-,21-/m0/s1. The van der Waals surface area contributed by atoms with Crippen LogP contribution in [0.15, 0.2) is 42.0 Å². The quantitative estimate of drug-likeness (QED) is 0.384. The Morgan fingerprint density at radius 2 is 1.89 bits per heavy atom. The van der Waals surface area contributed by atoms with Crippen LogP contribution in [0.1, 0.15) is 42.8 Å². The summed E-state index contributed by atoms with van der Waals surface area (Å²) in [5.41, 5.74) is -0.243. The third-order valence-corrected chi connectivity index (χ3v) is 12.6. The van der Waals surface area contributed by atoms with Gasteiger partial charge in [-0.15, -0.1) is 11.3 Å². The number of nitrogens with one attached hydrogen (secondary N) is 1. The zero-order valence-electron chi connectivity index (χ0n) is 21.0. The van der Waals surface area contributed by atoms with E-state index in [0.29, 0.717) is 27.2 Å². The molecule has 3 heterocycles. The van der Waals surface area contributed by atoms with Crippen molar-refractivity contribution in [2.24, 2.45) is 0 Å². The van der Waals surface area contributed by atoms with E-state index in [4.69, 9.17) is 9.16 Å². The van der Waals surface area contributed by atoms with E-state index in [9.17, 15) is 15.0 Å². The van der Waals surface area contributed by atoms with Crippen molar-refractivity contribution >= 4 is 41.6 Å². The number of aromatic nitrogens is 2. The number of alkyl halides is 1. The number of hydrogen-bond donors (Lipinski definition) is 3. The molecule has 0 bridgehead atoms. The van der Waals surface area contributed by atoms with Gasteiger partial charge in [-0.1, -0.05) is 39.0 Å². The van der Waals surface area contributed by atoms with Crippen molar-refractivity contribution in [1.82, 2.24) is 9.97 Å². The molecule has 3 N–H and O–H groups in total. The minimum atomic E-state index is -2.47. The predicted molar refractivity (Wildman–Crippen MR) is 140 cm³/mol. The molecule has 1 aliphatic rings. The fraction of sp³-hybridized carbons (Fsp3) is 0.480. The first-order valence-electron chi connectivity index (χ1n) is 11.7. The number of benzene rings is 1. The van der Waals surface area contributed by atoms with Crippen LogP contribution < -0.4 is 5.32 Å². The van der Waals surface area contributed by atoms with Crippen molar-refractivity contribution in [2.75, 3.05) is 18.5 Å². The second-order valence-electron chi connectivity index (χ2n) is 10.6. The number of hydrogen-bond acceptors (Lipinski definition) is 8. The van der Waals surface area contributed by atoms with E-state index in [-0.39, 0.29) is 10.9 Å². The lowest BCUT2D eigenvalue weighted by atomic mass is 9.96. The molecule has 2 aromatic heterocycles. The molecule has 0 unspecified atom stereocenters. The monoisotopic (exact) mass is 533 g/mol. The number of halogens is 1. The van der Waals surface area contributed by atoms with Crippen LogP contribution in [0.25, 0.3) is 10.2 Å². The Hall–Kier alpha value is -2.28. The summed E-state index contributed by atoms with van der Waals surface area (Å²) in [5, 5.41) is 24.7. The van der Waals surface area contributed by atoms with E-state index >= 15 is 4.39 Å². The Balaban J connectivity index is 1.68. The normalized spacial score (nSPS) is 22.2. The number of ether oxygens (including phenoxy) is 1. The van der Waals surface area contributed by atoms with Gasteiger partial charge in [-0.2, -0.15) is 0 Å². The lowest BCUT2D eigenvalue weighted by molar-refractivity contribution is -0.133. The summed E-state index contributed by atoms with van der Waals surface area (Å²) in [6, 6.07) is 8.74. The minimum Gasteiger partial charge on any atom is -0.408 e. The van der Waals surface area contributed by atoms with Crippen molar-refractivity contribution in [1.29, 1.82) is 0 Å². The van der Waals surface area contributed by atoms with Crippen molar-refractivity contribution in [3.05, 3.63) is 53.2 Å². The van der Waals surface area contributed by atoms with E-state index < -0.39 is 45.5 Å². The van der Waals surface area contributed by atoms with Crippen LogP contribution in [-0.4, -0.2) is 65.5 Å². The molecule has 0 aliphatic carbocycles. The summed E-state index contributed by atoms with van der Waals surface area (Å²) in [5.74, 6) is -0.0170. The van der Waals surface area contributed by atoms with Crippen molar-refractivity contribution in [2.45, 2.75) is 62.9 Å². The van der Waals surface area contributed by atoms with Gasteiger partial charge in [0.1, 0.15) is 24.1 Å². The molecule has 11 heteroatoms. The first-order chi connectivity index (χ1) is 16.9. The maximum Gasteiger partial charge on any atom is 0.256 e. The SMILES string of the molecule is CC(C)(C)[Si](C)(C)O[C@H]1[C@@H](F)[C@H](c2csc3c(NC(=O)c4ccccc4)ncnc23)OC1(CO)CO. The Morgan fingerprint density at radius 3 is 2.50 bits per heavy atom. The van der Waals surface area contributed by atoms with Gasteiger partial charge in [0.25, 0.3) is 5.91 Å². The lowest BCUT2D eigenvalue weighted by Crippen LogP contribution is -2.56. The van der Waals surface area contributed by atoms with Crippen LogP contribution in [0.2, 0.25) is 18.1 Å². The zero-order chi connectivity index (χ0) is 26.3. The number of thiophene rings is 1. The first-order valence-corrected chi connectivity index (χ1v) is 15.5. The van der Waals surface area contributed by atoms with Gasteiger partial charge in [-0.25, -0.2) is 14.4 Å². The summed E-state index contributed by atoms with van der Waals surface area (Å²) < 4.78 is 29.1. The number of aliphatic hydroxyl groups is 2. The fourth-order valence-electron chi connectivity index (χ4n) is 3.97. The van der Waals surface area contributed by atoms with E-state index in [0.717, 1.165) is 0 Å². The van der Waals surface area contributed by atoms with Crippen molar-refractivity contribution in [3.63, 3.8) is 0 Å². The van der Waals surface area contributed by atoms with Gasteiger partial charge in [-0.3, -0.25) is 4.79 Å². The van der Waals surface area contributed by atoms with E-state index in [1.165, 1.54) is 17.7 Å². The zero-order valence-corrected chi connectivity index (χ0v) is 22.8. The molecular weight excluding hydrogens is 501 g/mol. The number of carbonyl (C=O) groups is 1. The number of amides is 1. The molecule has 0 saturated carbocycles. The maximum absolute atomic E-state index is 16.1. The number of anilines is 1. The number of fused-ring (bicyclic) bond motifs is 1. The van der Waals surface area contributed by atoms with Crippen molar-refractivity contribution in [3.8, 4) is 0 Å². The highest BCUT2D eigenvalue weighted by atomic mass is 32.1. The number of nitrogens with zero attached hydrogens (tertiary/aromatic N) is 2. The van der Waals surface area contributed by atoms with Crippen LogP contribution >= 0.6 is 11.3 Å². The van der Waals surface area contributed by atoms with Gasteiger partial charge in [-0.05, 0) is 35.6 Å². The van der Waals surface area contributed by atoms with E-state index in [1.54, 1.807) is 29.6 Å². The molecule has 1 saturated heterocycles. The van der Waals surface area contributed by atoms with Crippen LogP contribution in [0.4, 0.5) is 10.2 Å². The summed E-state index contributed by atoms with van der Waals surface area (Å²) >= 11 is 1.26. The smallest absolute Gasteiger partial charge is 0.256 e. The Labute approximate surface area is 214 Å². The number of rotatable bonds is 7. The summed E-state index contributed by atoms with van der Waals surface area (Å²) in [6.07, 6.45) is -2.64. The molecule has 36 heavy (non-hydrogen) atoms. The van der Waals surface area contributed by atoms with E-state index in [1.807, 2.05) is 39.9 Å². The highest BCUT2D eigenvalue weighted by Crippen LogP contribution is 2.49. The molecule has 1 amide bonds. The molecular formula is C25H32FN3O5SSi. The number of carbonyl (C=O) groups excluding carboxylic acids is 1. The van der Waals surface area contributed by atoms with Gasteiger partial charge in [0.2, 0.25) is 0 Å². The van der Waals surface area contributed by atoms with Crippen LogP contribution in [-0.2, 0) is 9.16 Å². The highest BCUT2D eigenvalue weighted by Gasteiger charge is 2.59. The molecule has 0 radical (unpaired) electrons. The Morgan fingerprint density at radius 1 is 1.22 bits per heavy atom. The molecule has 1 aromatic carbocycles. The number of aliphatic hydroxyl groups excluding tert-OH is 2. The molecule has 0 spiro atoms. The average molecular weight is 534 g/mol. The second kappa shape index (κ2) is 9.88. The highest BCUT2D eigenvalue weighted by molar-refractivity contribution is 7.18. The molecule has 1 aliphatic heterocycles. The minimum absolute atomic E-state index is 0.213. The van der Waals surface area contributed by atoms with Crippen LogP contribution in [0.5, 0.6) is 0 Å². The van der Waals surface area contributed by atoms with Gasteiger partial charge in [0, 0.05) is 11.1 Å². The topological polar surface area (TPSA) is 114 Å². The van der Waals surface area contributed by atoms with Crippen LogP contribution in [0.3, 0.4) is 0 Å². The van der Waals surface area contributed by atoms with Gasteiger partial charge in [0.05, 0.1) is 23.4 Å². The summed E-state index contributed by atoms with van der Waals surface area (Å²) in [4.78, 5) is 21.2. The summed E-state index contributed by atoms with van der Waals surface area (Å²) in [7, 11) is -2.47. The predicted octanol–water partition coefficient (Wildman–Crippen LogP) is 4.47. The van der Waals surface area contributed by atoms with Gasteiger partial charge in [0.15, 0.2) is 20.3 Å². The molecule has 3 aromatic rings. The molecule has 3 atom stereocenters. The molecule has 1 fully saturated rings. The molecule has 4 rings (SSSR count). The fourth-order valence-corrected chi connectivity index (χ4v) is 6.29. The Bertz CT molecular complexity index is 1230.